The molecule has 23 heavy (non-hydrogen) atoms. The second-order valence-corrected chi connectivity index (χ2v) is 9.74. The highest BCUT2D eigenvalue weighted by molar-refractivity contribution is 7.90. The average Bonchev–Trinajstić information content (AvgIpc) is 2.52. The average molecular weight is 361 g/mol. The molecule has 0 saturated carbocycles. The molecular weight excluding hydrogens is 338 g/mol. The fraction of sp³-hybridized carbons (Fsp3) is 0.643. The molecule has 0 radical (unpaired) electrons. The van der Waals surface area contributed by atoms with E-state index >= 15 is 0 Å². The van der Waals surface area contributed by atoms with Gasteiger partial charge >= 0.3 is 0 Å². The van der Waals surface area contributed by atoms with Crippen LogP contribution in [0.2, 0.25) is 0 Å². The number of pyridine rings is 1. The standard InChI is InChI=1S/C14H23N3O4S2/c1-15-8-5-12-6-9-17(10-7-12)23(20,21)13-3-4-14(16-11-13)22(2,18)19/h3-4,11-12,15H,5-10H2,1-2H3. The van der Waals surface area contributed by atoms with E-state index in [1.807, 2.05) is 7.05 Å². The van der Waals surface area contributed by atoms with Crippen LogP contribution in [-0.4, -0.2) is 59.1 Å². The van der Waals surface area contributed by atoms with Gasteiger partial charge in [-0.25, -0.2) is 21.8 Å². The smallest absolute Gasteiger partial charge is 0.244 e. The van der Waals surface area contributed by atoms with Crippen molar-refractivity contribution < 1.29 is 16.8 Å². The van der Waals surface area contributed by atoms with Gasteiger partial charge in [0.15, 0.2) is 14.9 Å². The number of piperidine rings is 1. The Morgan fingerprint density at radius 1 is 1.22 bits per heavy atom. The highest BCUT2D eigenvalue weighted by atomic mass is 32.2. The minimum Gasteiger partial charge on any atom is -0.320 e. The number of hydrogen-bond acceptors (Lipinski definition) is 6. The molecule has 0 aliphatic carbocycles. The van der Waals surface area contributed by atoms with Crippen molar-refractivity contribution in [1.82, 2.24) is 14.6 Å². The maximum absolute atomic E-state index is 12.6. The van der Waals surface area contributed by atoms with Crippen molar-refractivity contribution in [3.63, 3.8) is 0 Å². The first-order chi connectivity index (χ1) is 10.7. The summed E-state index contributed by atoms with van der Waals surface area (Å²) in [6.07, 6.45) is 4.90. The van der Waals surface area contributed by atoms with E-state index in [1.165, 1.54) is 16.4 Å². The van der Waals surface area contributed by atoms with Crippen LogP contribution < -0.4 is 5.32 Å². The number of rotatable bonds is 6. The molecule has 1 aromatic rings. The van der Waals surface area contributed by atoms with Crippen LogP contribution in [0.3, 0.4) is 0 Å². The second kappa shape index (κ2) is 7.25. The molecule has 1 fully saturated rings. The molecule has 7 nitrogen and oxygen atoms in total. The Kier molecular flexibility index (Phi) is 5.77. The zero-order valence-corrected chi connectivity index (χ0v) is 15.0. The SMILES string of the molecule is CNCCC1CCN(S(=O)(=O)c2ccc(S(C)(=O)=O)nc2)CC1. The van der Waals surface area contributed by atoms with Crippen LogP contribution in [0.25, 0.3) is 0 Å². The van der Waals surface area contributed by atoms with Gasteiger partial charge < -0.3 is 5.32 Å². The first-order valence-corrected chi connectivity index (χ1v) is 10.9. The van der Waals surface area contributed by atoms with Crippen LogP contribution in [0.15, 0.2) is 28.3 Å². The van der Waals surface area contributed by atoms with Gasteiger partial charge in [-0.3, -0.25) is 0 Å². The molecule has 9 heteroatoms. The van der Waals surface area contributed by atoms with Crippen LogP contribution in [0.1, 0.15) is 19.3 Å². The fourth-order valence-corrected chi connectivity index (χ4v) is 4.65. The van der Waals surface area contributed by atoms with Crippen molar-refractivity contribution in [3.05, 3.63) is 18.3 Å². The molecular formula is C14H23N3O4S2. The van der Waals surface area contributed by atoms with Gasteiger partial charge in [0, 0.05) is 25.5 Å². The minimum atomic E-state index is -3.61. The normalized spacial score (nSPS) is 18.2. The van der Waals surface area contributed by atoms with Gasteiger partial charge in [0.05, 0.1) is 0 Å². The molecule has 130 valence electrons. The van der Waals surface area contributed by atoms with Crippen molar-refractivity contribution in [1.29, 1.82) is 0 Å². The molecule has 0 amide bonds. The summed E-state index contributed by atoms with van der Waals surface area (Å²) in [5.41, 5.74) is 0. The summed E-state index contributed by atoms with van der Waals surface area (Å²) in [7, 11) is -5.13. The Labute approximate surface area is 138 Å². The van der Waals surface area contributed by atoms with Crippen molar-refractivity contribution in [2.45, 2.75) is 29.2 Å². The zero-order valence-electron chi connectivity index (χ0n) is 13.4. The second-order valence-electron chi connectivity index (χ2n) is 5.84. The lowest BCUT2D eigenvalue weighted by molar-refractivity contribution is 0.263. The van der Waals surface area contributed by atoms with E-state index in [0.717, 1.165) is 38.3 Å². The van der Waals surface area contributed by atoms with Crippen molar-refractivity contribution in [2.75, 3.05) is 32.9 Å². The third-order valence-electron chi connectivity index (χ3n) is 4.10. The van der Waals surface area contributed by atoms with Gasteiger partial charge in [-0.05, 0) is 50.9 Å². The monoisotopic (exact) mass is 361 g/mol. The summed E-state index contributed by atoms with van der Waals surface area (Å²) in [4.78, 5) is 3.80. The lowest BCUT2D eigenvalue weighted by atomic mass is 9.95. The molecule has 0 unspecified atom stereocenters. The van der Waals surface area contributed by atoms with Gasteiger partial charge in [-0.15, -0.1) is 0 Å². The maximum Gasteiger partial charge on any atom is 0.244 e. The summed E-state index contributed by atoms with van der Waals surface area (Å²) < 4.78 is 49.4. The predicted octanol–water partition coefficient (Wildman–Crippen LogP) is 0.495. The summed E-state index contributed by atoms with van der Waals surface area (Å²) in [6.45, 7) is 1.92. The van der Waals surface area contributed by atoms with Crippen molar-refractivity contribution >= 4 is 19.9 Å². The molecule has 0 spiro atoms. The quantitative estimate of drug-likeness (QED) is 0.792. The number of aromatic nitrogens is 1. The first-order valence-electron chi connectivity index (χ1n) is 7.56. The van der Waals surface area contributed by atoms with Gasteiger partial charge in [-0.2, -0.15) is 4.31 Å². The Bertz CT molecular complexity index is 722. The van der Waals surface area contributed by atoms with E-state index in [2.05, 4.69) is 10.3 Å². The molecule has 0 atom stereocenters. The highest BCUT2D eigenvalue weighted by Gasteiger charge is 2.29. The Morgan fingerprint density at radius 3 is 2.35 bits per heavy atom. The number of sulfonamides is 1. The van der Waals surface area contributed by atoms with E-state index in [9.17, 15) is 16.8 Å². The third kappa shape index (κ3) is 4.50. The van der Waals surface area contributed by atoms with Crippen molar-refractivity contribution in [3.8, 4) is 0 Å². The summed E-state index contributed by atoms with van der Waals surface area (Å²) in [5, 5.41) is 2.99. The van der Waals surface area contributed by atoms with Crippen LogP contribution in [-0.2, 0) is 19.9 Å². The van der Waals surface area contributed by atoms with E-state index in [4.69, 9.17) is 0 Å². The maximum atomic E-state index is 12.6. The van der Waals surface area contributed by atoms with Gasteiger partial charge in [0.25, 0.3) is 0 Å². The van der Waals surface area contributed by atoms with Crippen LogP contribution >= 0.6 is 0 Å². The fourth-order valence-electron chi connectivity index (χ4n) is 2.67. The van der Waals surface area contributed by atoms with Gasteiger partial charge in [0.1, 0.15) is 4.90 Å². The molecule has 1 saturated heterocycles. The number of nitrogens with one attached hydrogen (secondary N) is 1. The topological polar surface area (TPSA) is 96.4 Å². The Balaban J connectivity index is 2.08. The Morgan fingerprint density at radius 2 is 1.87 bits per heavy atom. The molecule has 2 heterocycles. The lowest BCUT2D eigenvalue weighted by Crippen LogP contribution is -2.39. The number of nitrogens with zero attached hydrogens (tertiary/aromatic N) is 2. The molecule has 1 aromatic heterocycles. The molecule has 0 aromatic carbocycles. The largest absolute Gasteiger partial charge is 0.320 e. The van der Waals surface area contributed by atoms with Crippen LogP contribution in [0.4, 0.5) is 0 Å². The summed E-state index contributed by atoms with van der Waals surface area (Å²) >= 11 is 0. The van der Waals surface area contributed by atoms with E-state index < -0.39 is 19.9 Å². The van der Waals surface area contributed by atoms with Crippen molar-refractivity contribution in [2.24, 2.45) is 5.92 Å². The van der Waals surface area contributed by atoms with Gasteiger partial charge in [-0.1, -0.05) is 0 Å². The first kappa shape index (κ1) is 18.3. The number of hydrogen-bond donors (Lipinski definition) is 1. The van der Waals surface area contributed by atoms with Gasteiger partial charge in [0.2, 0.25) is 10.0 Å². The Hall–Kier alpha value is -1.03. The molecule has 1 N–H and O–H groups in total. The number of sulfone groups is 1. The zero-order chi connectivity index (χ0) is 17.1. The molecule has 0 bridgehead atoms. The molecule has 2 rings (SSSR count). The highest BCUT2D eigenvalue weighted by Crippen LogP contribution is 2.25. The van der Waals surface area contributed by atoms with E-state index in [0.29, 0.717) is 19.0 Å². The van der Waals surface area contributed by atoms with E-state index in [1.54, 1.807) is 0 Å². The summed E-state index contributed by atoms with van der Waals surface area (Å²) in [6, 6.07) is 2.55. The van der Waals surface area contributed by atoms with Crippen LogP contribution in [0, 0.1) is 5.92 Å². The summed E-state index contributed by atoms with van der Waals surface area (Å²) in [5.74, 6) is 0.541. The predicted molar refractivity (Wildman–Crippen MR) is 87.4 cm³/mol. The minimum absolute atomic E-state index is 0.0403. The molecule has 1 aliphatic heterocycles. The van der Waals surface area contributed by atoms with Crippen LogP contribution in [0.5, 0.6) is 0 Å². The molecule has 1 aliphatic rings. The van der Waals surface area contributed by atoms with E-state index in [-0.39, 0.29) is 9.92 Å². The third-order valence-corrected chi connectivity index (χ3v) is 6.99. The lowest BCUT2D eigenvalue weighted by Gasteiger charge is -2.31.